The van der Waals surface area contributed by atoms with Gasteiger partial charge in [0.25, 0.3) is 10.0 Å². The van der Waals surface area contributed by atoms with Crippen molar-refractivity contribution in [2.24, 2.45) is 0 Å². The monoisotopic (exact) mass is 344 g/mol. The van der Waals surface area contributed by atoms with Gasteiger partial charge in [0.1, 0.15) is 4.21 Å². The van der Waals surface area contributed by atoms with E-state index < -0.39 is 10.0 Å². The highest BCUT2D eigenvalue weighted by Crippen LogP contribution is 2.23. The summed E-state index contributed by atoms with van der Waals surface area (Å²) >= 11 is 2.72. The van der Waals surface area contributed by atoms with E-state index in [9.17, 15) is 13.2 Å². The average Bonchev–Trinajstić information content (AvgIpc) is 3.07. The first-order chi connectivity index (χ1) is 9.89. The van der Waals surface area contributed by atoms with Crippen LogP contribution in [-0.4, -0.2) is 32.7 Å². The molecule has 0 radical (unpaired) electrons. The normalized spacial score (nSPS) is 11.8. The lowest BCUT2D eigenvalue weighted by molar-refractivity contribution is -0.120. The minimum atomic E-state index is -3.39. The van der Waals surface area contributed by atoms with Crippen LogP contribution in [0.4, 0.5) is 0 Å². The van der Waals surface area contributed by atoms with Crippen LogP contribution < -0.4 is 5.32 Å². The summed E-state index contributed by atoms with van der Waals surface area (Å²) in [6.07, 6.45) is 0.353. The third kappa shape index (κ3) is 4.13. The van der Waals surface area contributed by atoms with Crippen molar-refractivity contribution in [3.05, 3.63) is 39.4 Å². The molecular weight excluding hydrogens is 328 g/mol. The first-order valence-electron chi connectivity index (χ1n) is 6.20. The van der Waals surface area contributed by atoms with E-state index in [1.807, 2.05) is 17.5 Å². The maximum absolute atomic E-state index is 11.9. The zero-order valence-corrected chi connectivity index (χ0v) is 14.1. The summed E-state index contributed by atoms with van der Waals surface area (Å²) in [4.78, 5) is 13.6. The Hall–Kier alpha value is -1.22. The van der Waals surface area contributed by atoms with E-state index in [4.69, 9.17) is 0 Å². The quantitative estimate of drug-likeness (QED) is 0.870. The van der Waals surface area contributed by atoms with Gasteiger partial charge in [-0.05, 0) is 23.6 Å². The molecule has 5 nitrogen and oxygen atoms in total. The van der Waals surface area contributed by atoms with E-state index in [2.05, 4.69) is 5.32 Å². The molecule has 114 valence electrons. The van der Waals surface area contributed by atoms with Gasteiger partial charge >= 0.3 is 0 Å². The predicted octanol–water partition coefficient (Wildman–Crippen LogP) is 1.92. The molecule has 0 aromatic carbocycles. The molecule has 0 spiro atoms. The molecule has 0 bridgehead atoms. The molecule has 1 amide bonds. The molecule has 0 aliphatic rings. The third-order valence-corrected chi connectivity index (χ3v) is 6.99. The number of carbonyl (C=O) groups is 1. The van der Waals surface area contributed by atoms with Crippen LogP contribution in [0.1, 0.15) is 9.75 Å². The summed E-state index contributed by atoms with van der Waals surface area (Å²) < 4.78 is 25.4. The maximum Gasteiger partial charge on any atom is 0.252 e. The van der Waals surface area contributed by atoms with E-state index in [0.29, 0.717) is 13.0 Å². The van der Waals surface area contributed by atoms with Gasteiger partial charge in [0.2, 0.25) is 5.91 Å². The number of amides is 1. The second-order valence-electron chi connectivity index (χ2n) is 4.54. The summed E-state index contributed by atoms with van der Waals surface area (Å²) in [5, 5.41) is 4.73. The van der Waals surface area contributed by atoms with Crippen LogP contribution in [0, 0.1) is 0 Å². The Morgan fingerprint density at radius 3 is 2.62 bits per heavy atom. The molecule has 21 heavy (non-hydrogen) atoms. The molecule has 0 fully saturated rings. The second-order valence-corrected chi connectivity index (χ2v) is 9.12. The predicted molar refractivity (Wildman–Crippen MR) is 85.1 cm³/mol. The van der Waals surface area contributed by atoms with Crippen molar-refractivity contribution in [2.45, 2.75) is 17.2 Å². The smallest absolute Gasteiger partial charge is 0.252 e. The number of thiophene rings is 2. The van der Waals surface area contributed by atoms with E-state index >= 15 is 0 Å². The van der Waals surface area contributed by atoms with Crippen LogP contribution >= 0.6 is 22.7 Å². The lowest BCUT2D eigenvalue weighted by atomic mass is 10.3. The van der Waals surface area contributed by atoms with Crippen molar-refractivity contribution < 1.29 is 13.2 Å². The molecule has 0 unspecified atom stereocenters. The number of hydrogen-bond acceptors (Lipinski definition) is 5. The van der Waals surface area contributed by atoms with E-state index in [0.717, 1.165) is 9.75 Å². The van der Waals surface area contributed by atoms with Gasteiger partial charge in [-0.1, -0.05) is 6.07 Å². The van der Waals surface area contributed by atoms with Crippen LogP contribution in [0.5, 0.6) is 0 Å². The number of rotatable bonds is 6. The van der Waals surface area contributed by atoms with Crippen LogP contribution in [0.25, 0.3) is 0 Å². The molecule has 2 aromatic heterocycles. The molecule has 8 heteroatoms. The molecule has 2 rings (SSSR count). The van der Waals surface area contributed by atoms with Crippen molar-refractivity contribution >= 4 is 38.6 Å². The largest absolute Gasteiger partial charge is 0.351 e. The molecule has 0 saturated heterocycles. The number of hydrogen-bond donors (Lipinski definition) is 1. The van der Waals surface area contributed by atoms with Gasteiger partial charge in [-0.3, -0.25) is 4.79 Å². The zero-order valence-electron chi connectivity index (χ0n) is 11.7. The topological polar surface area (TPSA) is 66.5 Å². The van der Waals surface area contributed by atoms with Gasteiger partial charge in [0.15, 0.2) is 0 Å². The van der Waals surface area contributed by atoms with Gasteiger partial charge < -0.3 is 5.32 Å². The van der Waals surface area contributed by atoms with Gasteiger partial charge in [-0.25, -0.2) is 12.7 Å². The Morgan fingerprint density at radius 1 is 1.24 bits per heavy atom. The maximum atomic E-state index is 11.9. The molecule has 2 aromatic rings. The Balaban J connectivity index is 1.93. The fourth-order valence-corrected chi connectivity index (χ4v) is 4.76. The number of carbonyl (C=O) groups excluding carboxylic acids is 1. The summed E-state index contributed by atoms with van der Waals surface area (Å²) in [7, 11) is -0.400. The van der Waals surface area contributed by atoms with Crippen LogP contribution in [0.3, 0.4) is 0 Å². The van der Waals surface area contributed by atoms with Crippen LogP contribution in [0.2, 0.25) is 0 Å². The number of nitrogens with zero attached hydrogens (tertiary/aromatic N) is 1. The Morgan fingerprint density at radius 2 is 2.00 bits per heavy atom. The van der Waals surface area contributed by atoms with Gasteiger partial charge in [0.05, 0.1) is 13.0 Å². The van der Waals surface area contributed by atoms with E-state index in [1.165, 1.54) is 29.7 Å². The van der Waals surface area contributed by atoms with Crippen molar-refractivity contribution in [3.63, 3.8) is 0 Å². The summed E-state index contributed by atoms with van der Waals surface area (Å²) in [6.45, 7) is 0.345. The number of sulfonamides is 1. The average molecular weight is 344 g/mol. The lowest BCUT2D eigenvalue weighted by Crippen LogP contribution is -2.23. The van der Waals surface area contributed by atoms with Crippen LogP contribution in [-0.2, 0) is 27.8 Å². The highest BCUT2D eigenvalue weighted by Gasteiger charge is 2.19. The Bertz CT molecular complexity index is 703. The van der Waals surface area contributed by atoms with Crippen LogP contribution in [0.15, 0.2) is 33.9 Å². The molecule has 2 heterocycles. The fraction of sp³-hybridized carbons (Fsp3) is 0.308. The van der Waals surface area contributed by atoms with Crippen molar-refractivity contribution in [1.29, 1.82) is 0 Å². The first-order valence-corrected chi connectivity index (χ1v) is 9.33. The minimum Gasteiger partial charge on any atom is -0.351 e. The SMILES string of the molecule is CN(C)S(=O)(=O)c1ccc(CNC(=O)Cc2cccs2)s1. The summed E-state index contributed by atoms with van der Waals surface area (Å²) in [6, 6.07) is 7.12. The number of nitrogens with one attached hydrogen (secondary N) is 1. The Labute approximate surface area is 132 Å². The molecule has 0 saturated carbocycles. The van der Waals surface area contributed by atoms with Crippen molar-refractivity contribution in [3.8, 4) is 0 Å². The van der Waals surface area contributed by atoms with Gasteiger partial charge in [-0.2, -0.15) is 0 Å². The van der Waals surface area contributed by atoms with E-state index in [1.54, 1.807) is 23.5 Å². The zero-order chi connectivity index (χ0) is 15.5. The molecule has 0 aliphatic carbocycles. The molecule has 1 N–H and O–H groups in total. The minimum absolute atomic E-state index is 0.0668. The third-order valence-electron chi connectivity index (χ3n) is 2.75. The molecular formula is C13H16N2O3S3. The Kier molecular flexibility index (Phi) is 5.15. The summed E-state index contributed by atoms with van der Waals surface area (Å²) in [5.74, 6) is -0.0668. The highest BCUT2D eigenvalue weighted by molar-refractivity contribution is 7.91. The first kappa shape index (κ1) is 16.2. The van der Waals surface area contributed by atoms with Gasteiger partial charge in [0, 0.05) is 23.8 Å². The lowest BCUT2D eigenvalue weighted by Gasteiger charge is -2.08. The molecule has 0 atom stereocenters. The van der Waals surface area contributed by atoms with E-state index in [-0.39, 0.29) is 10.1 Å². The molecule has 0 aliphatic heterocycles. The van der Waals surface area contributed by atoms with Crippen molar-refractivity contribution in [2.75, 3.05) is 14.1 Å². The standard InChI is InChI=1S/C13H16N2O3S3/c1-15(2)21(17,18)13-6-5-11(20-13)9-14-12(16)8-10-4-3-7-19-10/h3-7H,8-9H2,1-2H3,(H,14,16). The van der Waals surface area contributed by atoms with Crippen molar-refractivity contribution in [1.82, 2.24) is 9.62 Å². The highest BCUT2D eigenvalue weighted by atomic mass is 32.2. The fourth-order valence-electron chi connectivity index (χ4n) is 1.59. The summed E-state index contributed by atoms with van der Waals surface area (Å²) in [5.41, 5.74) is 0. The van der Waals surface area contributed by atoms with Gasteiger partial charge in [-0.15, -0.1) is 22.7 Å². The second kappa shape index (κ2) is 6.69.